The zero-order valence-corrected chi connectivity index (χ0v) is 15.0. The maximum absolute atomic E-state index is 11.8. The summed E-state index contributed by atoms with van der Waals surface area (Å²) < 4.78 is 0.940. The predicted octanol–water partition coefficient (Wildman–Crippen LogP) is 4.17. The molecule has 0 radical (unpaired) electrons. The Labute approximate surface area is 141 Å². The van der Waals surface area contributed by atoms with Crippen LogP contribution < -0.4 is 10.6 Å². The minimum absolute atomic E-state index is 0.553. The standard InChI is InChI=1S/C17H25BrN2O2/c1-3-4-5-6-7-8-11-19-16(21)17(22)20-15-10-9-14(18)12-13(15)2/h9-10,12H,3-8,11H2,1-2H3,(H,19,21)(H,20,22). The third kappa shape index (κ3) is 7.07. The number of nitrogens with one attached hydrogen (secondary N) is 2. The lowest BCUT2D eigenvalue weighted by atomic mass is 10.1. The monoisotopic (exact) mass is 368 g/mol. The molecule has 0 aliphatic carbocycles. The van der Waals surface area contributed by atoms with Crippen molar-refractivity contribution in [3.05, 3.63) is 28.2 Å². The van der Waals surface area contributed by atoms with Gasteiger partial charge in [0.2, 0.25) is 0 Å². The van der Waals surface area contributed by atoms with Gasteiger partial charge in [-0.15, -0.1) is 0 Å². The molecule has 4 nitrogen and oxygen atoms in total. The van der Waals surface area contributed by atoms with Gasteiger partial charge in [-0.1, -0.05) is 55.0 Å². The largest absolute Gasteiger partial charge is 0.348 e. The summed E-state index contributed by atoms with van der Waals surface area (Å²) in [4.78, 5) is 23.5. The second-order valence-corrected chi connectivity index (χ2v) is 6.35. The van der Waals surface area contributed by atoms with Crippen LogP contribution in [0.3, 0.4) is 0 Å². The number of amides is 2. The van der Waals surface area contributed by atoms with Crippen LogP contribution in [-0.2, 0) is 9.59 Å². The highest BCUT2D eigenvalue weighted by Gasteiger charge is 2.13. The molecule has 1 aromatic rings. The molecule has 0 unspecified atom stereocenters. The van der Waals surface area contributed by atoms with Crippen molar-refractivity contribution in [1.29, 1.82) is 0 Å². The minimum Gasteiger partial charge on any atom is -0.348 e. The fourth-order valence-corrected chi connectivity index (χ4v) is 2.61. The van der Waals surface area contributed by atoms with Crippen LogP contribution in [-0.4, -0.2) is 18.4 Å². The maximum Gasteiger partial charge on any atom is 0.313 e. The molecule has 0 saturated carbocycles. The topological polar surface area (TPSA) is 58.2 Å². The lowest BCUT2D eigenvalue weighted by Crippen LogP contribution is -2.36. The number of rotatable bonds is 8. The van der Waals surface area contributed by atoms with Gasteiger partial charge in [-0.3, -0.25) is 9.59 Å². The molecule has 0 aliphatic rings. The van der Waals surface area contributed by atoms with Crippen molar-refractivity contribution in [2.75, 3.05) is 11.9 Å². The fourth-order valence-electron chi connectivity index (χ4n) is 2.13. The summed E-state index contributed by atoms with van der Waals surface area (Å²) >= 11 is 3.36. The van der Waals surface area contributed by atoms with Crippen molar-refractivity contribution >= 4 is 33.4 Å². The number of anilines is 1. The number of halogens is 1. The Morgan fingerprint density at radius 2 is 1.73 bits per heavy atom. The third-order valence-electron chi connectivity index (χ3n) is 3.46. The van der Waals surface area contributed by atoms with Crippen molar-refractivity contribution in [2.45, 2.75) is 52.4 Å². The van der Waals surface area contributed by atoms with E-state index in [1.165, 1.54) is 25.7 Å². The highest BCUT2D eigenvalue weighted by Crippen LogP contribution is 2.19. The van der Waals surface area contributed by atoms with Crippen LogP contribution >= 0.6 is 15.9 Å². The molecule has 0 aromatic heterocycles. The van der Waals surface area contributed by atoms with E-state index in [4.69, 9.17) is 0 Å². The Morgan fingerprint density at radius 1 is 1.05 bits per heavy atom. The molecule has 1 aromatic carbocycles. The van der Waals surface area contributed by atoms with Crippen LogP contribution in [0.15, 0.2) is 22.7 Å². The quantitative estimate of drug-likeness (QED) is 0.534. The lowest BCUT2D eigenvalue weighted by Gasteiger charge is -2.09. The highest BCUT2D eigenvalue weighted by atomic mass is 79.9. The van der Waals surface area contributed by atoms with Crippen molar-refractivity contribution in [3.63, 3.8) is 0 Å². The second-order valence-electron chi connectivity index (χ2n) is 5.44. The van der Waals surface area contributed by atoms with Crippen LogP contribution in [0.2, 0.25) is 0 Å². The van der Waals surface area contributed by atoms with Gasteiger partial charge in [0, 0.05) is 16.7 Å². The molecular formula is C17H25BrN2O2. The summed E-state index contributed by atoms with van der Waals surface area (Å²) in [6.45, 7) is 4.62. The molecule has 0 aliphatic heterocycles. The summed E-state index contributed by atoms with van der Waals surface area (Å²) in [5, 5.41) is 5.30. The first-order valence-electron chi connectivity index (χ1n) is 7.90. The first-order valence-corrected chi connectivity index (χ1v) is 8.69. The van der Waals surface area contributed by atoms with Gasteiger partial charge in [0.25, 0.3) is 0 Å². The maximum atomic E-state index is 11.8. The molecule has 22 heavy (non-hydrogen) atoms. The van der Waals surface area contributed by atoms with E-state index in [0.29, 0.717) is 12.2 Å². The molecule has 0 saturated heterocycles. The van der Waals surface area contributed by atoms with Gasteiger partial charge in [0.1, 0.15) is 0 Å². The van der Waals surface area contributed by atoms with Crippen molar-refractivity contribution in [2.24, 2.45) is 0 Å². The zero-order chi connectivity index (χ0) is 16.4. The number of hydrogen-bond acceptors (Lipinski definition) is 2. The van der Waals surface area contributed by atoms with Crippen molar-refractivity contribution < 1.29 is 9.59 Å². The summed E-state index contributed by atoms with van der Waals surface area (Å²) in [5.41, 5.74) is 1.56. The van der Waals surface area contributed by atoms with Gasteiger partial charge in [0.05, 0.1) is 0 Å². The number of benzene rings is 1. The number of aryl methyl sites for hydroxylation is 1. The normalized spacial score (nSPS) is 10.3. The summed E-state index contributed by atoms with van der Waals surface area (Å²) in [6.07, 6.45) is 6.93. The van der Waals surface area contributed by atoms with Crippen molar-refractivity contribution in [1.82, 2.24) is 5.32 Å². The average Bonchev–Trinajstić information content (AvgIpc) is 2.48. The molecular weight excluding hydrogens is 344 g/mol. The molecule has 0 fully saturated rings. The van der Waals surface area contributed by atoms with E-state index in [0.717, 1.165) is 22.9 Å². The molecule has 1 rings (SSSR count). The van der Waals surface area contributed by atoms with Gasteiger partial charge in [0.15, 0.2) is 0 Å². The van der Waals surface area contributed by atoms with Crippen molar-refractivity contribution in [3.8, 4) is 0 Å². The van der Waals surface area contributed by atoms with E-state index in [1.54, 1.807) is 6.07 Å². The van der Waals surface area contributed by atoms with Crippen LogP contribution in [0.4, 0.5) is 5.69 Å². The van der Waals surface area contributed by atoms with Crippen LogP contribution in [0.1, 0.15) is 51.0 Å². The summed E-state index contributed by atoms with van der Waals surface area (Å²) in [7, 11) is 0. The Balaban J connectivity index is 2.26. The van der Waals surface area contributed by atoms with Gasteiger partial charge >= 0.3 is 11.8 Å². The van der Waals surface area contributed by atoms with Gasteiger partial charge in [-0.05, 0) is 37.1 Å². The zero-order valence-electron chi connectivity index (χ0n) is 13.4. The number of carbonyl (C=O) groups excluding carboxylic acids is 2. The number of hydrogen-bond donors (Lipinski definition) is 2. The van der Waals surface area contributed by atoms with Gasteiger partial charge in [-0.2, -0.15) is 0 Å². The molecule has 0 atom stereocenters. The lowest BCUT2D eigenvalue weighted by molar-refractivity contribution is -0.136. The first kappa shape index (κ1) is 18.7. The van der Waals surface area contributed by atoms with E-state index in [1.807, 2.05) is 19.1 Å². The second kappa shape index (κ2) is 10.4. The Bertz CT molecular complexity index is 503. The Kier molecular flexibility index (Phi) is 8.82. The minimum atomic E-state index is -0.614. The fraction of sp³-hybridized carbons (Fsp3) is 0.529. The summed E-state index contributed by atoms with van der Waals surface area (Å²) in [6, 6.07) is 5.50. The van der Waals surface area contributed by atoms with Crippen LogP contribution in [0.25, 0.3) is 0 Å². The van der Waals surface area contributed by atoms with Crippen LogP contribution in [0.5, 0.6) is 0 Å². The Morgan fingerprint density at radius 3 is 2.41 bits per heavy atom. The average molecular weight is 369 g/mol. The molecule has 2 N–H and O–H groups in total. The van der Waals surface area contributed by atoms with E-state index in [2.05, 4.69) is 33.5 Å². The predicted molar refractivity (Wildman–Crippen MR) is 93.9 cm³/mol. The molecule has 5 heteroatoms. The van der Waals surface area contributed by atoms with Gasteiger partial charge in [-0.25, -0.2) is 0 Å². The number of unbranched alkanes of at least 4 members (excludes halogenated alkanes) is 5. The van der Waals surface area contributed by atoms with E-state index >= 15 is 0 Å². The summed E-state index contributed by atoms with van der Waals surface area (Å²) in [5.74, 6) is -1.19. The molecule has 0 spiro atoms. The third-order valence-corrected chi connectivity index (χ3v) is 3.95. The molecule has 122 valence electrons. The van der Waals surface area contributed by atoms with Gasteiger partial charge < -0.3 is 10.6 Å². The smallest absolute Gasteiger partial charge is 0.313 e. The SMILES string of the molecule is CCCCCCCCNC(=O)C(=O)Nc1ccc(Br)cc1C. The van der Waals surface area contributed by atoms with E-state index in [9.17, 15) is 9.59 Å². The molecule has 0 bridgehead atoms. The number of carbonyl (C=O) groups is 2. The Hall–Kier alpha value is -1.36. The molecule has 0 heterocycles. The van der Waals surface area contributed by atoms with Crippen LogP contribution in [0, 0.1) is 6.92 Å². The highest BCUT2D eigenvalue weighted by molar-refractivity contribution is 9.10. The van der Waals surface area contributed by atoms with E-state index in [-0.39, 0.29) is 0 Å². The molecule has 2 amide bonds. The first-order chi connectivity index (χ1) is 10.5. The van der Waals surface area contributed by atoms with E-state index < -0.39 is 11.8 Å².